The number of ether oxygens (including phenoxy) is 1. The predicted octanol–water partition coefficient (Wildman–Crippen LogP) is 4.45. The third-order valence-corrected chi connectivity index (χ3v) is 4.64. The molecule has 0 bridgehead atoms. The average molecular weight is 334 g/mol. The highest BCUT2D eigenvalue weighted by Gasteiger charge is 2.08. The van der Waals surface area contributed by atoms with Gasteiger partial charge < -0.3 is 4.74 Å². The molecule has 0 fully saturated rings. The number of benzene rings is 1. The molecule has 0 aliphatic carbocycles. The van der Waals surface area contributed by atoms with Gasteiger partial charge in [0, 0.05) is 4.47 Å². The Balaban J connectivity index is 2.24. The maximum absolute atomic E-state index is 5.66. The van der Waals surface area contributed by atoms with Gasteiger partial charge in [-0.3, -0.25) is 0 Å². The summed E-state index contributed by atoms with van der Waals surface area (Å²) in [4.78, 5) is 0. The Morgan fingerprint density at radius 2 is 1.94 bits per heavy atom. The Kier molecular flexibility index (Phi) is 4.01. The van der Waals surface area contributed by atoms with Crippen LogP contribution in [0.2, 0.25) is 0 Å². The van der Waals surface area contributed by atoms with Gasteiger partial charge in [0.05, 0.1) is 5.88 Å². The SMILES string of the molecule is Cc1cc(Oc2nnc(CCl)s2)cc(C)c1Br. The lowest BCUT2D eigenvalue weighted by molar-refractivity contribution is 0.472. The summed E-state index contributed by atoms with van der Waals surface area (Å²) in [5.74, 6) is 1.12. The zero-order valence-corrected chi connectivity index (χ0v) is 12.5. The number of nitrogens with zero attached hydrogens (tertiary/aromatic N) is 2. The molecule has 0 saturated heterocycles. The molecule has 0 unspecified atom stereocenters. The lowest BCUT2D eigenvalue weighted by Crippen LogP contribution is -1.88. The van der Waals surface area contributed by atoms with Crippen LogP contribution in [0.1, 0.15) is 16.1 Å². The van der Waals surface area contributed by atoms with Crippen molar-refractivity contribution in [3.8, 4) is 10.9 Å². The van der Waals surface area contributed by atoms with Gasteiger partial charge in [0.25, 0.3) is 5.19 Å². The fourth-order valence-corrected chi connectivity index (χ4v) is 2.40. The summed E-state index contributed by atoms with van der Waals surface area (Å²) in [5.41, 5.74) is 2.25. The van der Waals surface area contributed by atoms with Crippen molar-refractivity contribution in [2.45, 2.75) is 19.7 Å². The summed E-state index contributed by atoms with van der Waals surface area (Å²) in [6.45, 7) is 4.04. The highest BCUT2D eigenvalue weighted by atomic mass is 79.9. The molecule has 90 valence electrons. The van der Waals surface area contributed by atoms with Crippen LogP contribution >= 0.6 is 38.9 Å². The van der Waals surface area contributed by atoms with Crippen LogP contribution in [-0.4, -0.2) is 10.2 Å². The number of aryl methyl sites for hydroxylation is 2. The van der Waals surface area contributed by atoms with E-state index in [0.29, 0.717) is 11.1 Å². The highest BCUT2D eigenvalue weighted by molar-refractivity contribution is 9.10. The maximum Gasteiger partial charge on any atom is 0.299 e. The minimum atomic E-state index is 0.361. The third-order valence-electron chi connectivity index (χ3n) is 2.18. The normalized spacial score (nSPS) is 10.6. The molecule has 0 aliphatic heterocycles. The van der Waals surface area contributed by atoms with Crippen LogP contribution in [0.25, 0.3) is 0 Å². The summed E-state index contributed by atoms with van der Waals surface area (Å²) >= 11 is 10.5. The number of hydrogen-bond donors (Lipinski definition) is 0. The molecule has 0 atom stereocenters. The maximum atomic E-state index is 5.66. The first-order valence-corrected chi connectivity index (χ1v) is 7.07. The molecule has 2 aromatic rings. The Bertz CT molecular complexity index is 521. The molecule has 6 heteroatoms. The van der Waals surface area contributed by atoms with Crippen LogP contribution in [-0.2, 0) is 5.88 Å². The van der Waals surface area contributed by atoms with Crippen LogP contribution in [0, 0.1) is 13.8 Å². The summed E-state index contributed by atoms with van der Waals surface area (Å²) < 4.78 is 6.74. The second-order valence-corrected chi connectivity index (χ2v) is 5.65. The molecule has 1 aromatic heterocycles. The zero-order valence-electron chi connectivity index (χ0n) is 9.33. The summed E-state index contributed by atoms with van der Waals surface area (Å²) in [6.07, 6.45) is 0. The fourth-order valence-electron chi connectivity index (χ4n) is 1.40. The van der Waals surface area contributed by atoms with Crippen LogP contribution in [0.15, 0.2) is 16.6 Å². The van der Waals surface area contributed by atoms with Gasteiger partial charge in [-0.2, -0.15) is 0 Å². The predicted molar refractivity (Wildman–Crippen MR) is 73.2 cm³/mol. The van der Waals surface area contributed by atoms with Crippen LogP contribution < -0.4 is 4.74 Å². The minimum Gasteiger partial charge on any atom is -0.430 e. The van der Waals surface area contributed by atoms with E-state index in [-0.39, 0.29) is 0 Å². The number of rotatable bonds is 3. The Morgan fingerprint density at radius 1 is 1.29 bits per heavy atom. The first-order valence-electron chi connectivity index (χ1n) is 4.93. The van der Waals surface area contributed by atoms with Crippen molar-refractivity contribution in [2.24, 2.45) is 0 Å². The Morgan fingerprint density at radius 3 is 2.47 bits per heavy atom. The van der Waals surface area contributed by atoms with Gasteiger partial charge in [-0.25, -0.2) is 0 Å². The summed E-state index contributed by atoms with van der Waals surface area (Å²) in [7, 11) is 0. The molecule has 0 N–H and O–H groups in total. The van der Waals surface area contributed by atoms with E-state index >= 15 is 0 Å². The lowest BCUT2D eigenvalue weighted by atomic mass is 10.1. The van der Waals surface area contributed by atoms with Crippen molar-refractivity contribution in [3.63, 3.8) is 0 Å². The van der Waals surface area contributed by atoms with Gasteiger partial charge in [0.1, 0.15) is 10.8 Å². The monoisotopic (exact) mass is 332 g/mol. The third kappa shape index (κ3) is 2.97. The topological polar surface area (TPSA) is 35.0 Å². The number of halogens is 2. The summed E-state index contributed by atoms with van der Waals surface area (Å²) in [5, 5.41) is 9.08. The van der Waals surface area contributed by atoms with E-state index in [4.69, 9.17) is 16.3 Å². The number of aromatic nitrogens is 2. The van der Waals surface area contributed by atoms with Gasteiger partial charge in [-0.15, -0.1) is 16.7 Å². The van der Waals surface area contributed by atoms with Gasteiger partial charge in [0.15, 0.2) is 0 Å². The quantitative estimate of drug-likeness (QED) is 0.778. The zero-order chi connectivity index (χ0) is 12.4. The van der Waals surface area contributed by atoms with Gasteiger partial charge in [0.2, 0.25) is 0 Å². The number of hydrogen-bond acceptors (Lipinski definition) is 4. The van der Waals surface area contributed by atoms with Crippen molar-refractivity contribution in [3.05, 3.63) is 32.7 Å². The van der Waals surface area contributed by atoms with E-state index in [1.54, 1.807) is 0 Å². The second-order valence-electron chi connectivity index (χ2n) is 3.57. The average Bonchev–Trinajstić information content (AvgIpc) is 2.73. The van der Waals surface area contributed by atoms with Crippen molar-refractivity contribution < 1.29 is 4.74 Å². The van der Waals surface area contributed by atoms with Gasteiger partial charge in [-0.05, 0) is 37.1 Å². The first-order chi connectivity index (χ1) is 8.10. The van der Waals surface area contributed by atoms with E-state index in [2.05, 4.69) is 26.1 Å². The molecule has 17 heavy (non-hydrogen) atoms. The van der Waals surface area contributed by atoms with E-state index in [9.17, 15) is 0 Å². The van der Waals surface area contributed by atoms with Crippen molar-refractivity contribution in [1.29, 1.82) is 0 Å². The van der Waals surface area contributed by atoms with E-state index < -0.39 is 0 Å². The molecule has 2 rings (SSSR count). The van der Waals surface area contributed by atoms with E-state index in [0.717, 1.165) is 26.4 Å². The van der Waals surface area contributed by atoms with Gasteiger partial charge in [-0.1, -0.05) is 32.4 Å². The van der Waals surface area contributed by atoms with Crippen LogP contribution in [0.4, 0.5) is 0 Å². The van der Waals surface area contributed by atoms with Crippen LogP contribution in [0.5, 0.6) is 10.9 Å². The molecule has 0 amide bonds. The summed E-state index contributed by atoms with van der Waals surface area (Å²) in [6, 6.07) is 3.91. The molecular formula is C11H10BrClN2OS. The minimum absolute atomic E-state index is 0.361. The van der Waals surface area contributed by atoms with E-state index in [1.165, 1.54) is 11.3 Å². The molecule has 0 saturated carbocycles. The van der Waals surface area contributed by atoms with Crippen molar-refractivity contribution >= 4 is 38.9 Å². The largest absolute Gasteiger partial charge is 0.430 e. The molecule has 0 aliphatic rings. The lowest BCUT2D eigenvalue weighted by Gasteiger charge is -2.07. The second kappa shape index (κ2) is 5.33. The molecule has 1 aromatic carbocycles. The fraction of sp³-hybridized carbons (Fsp3) is 0.273. The van der Waals surface area contributed by atoms with Crippen molar-refractivity contribution in [2.75, 3.05) is 0 Å². The first kappa shape index (κ1) is 12.8. The van der Waals surface area contributed by atoms with Crippen molar-refractivity contribution in [1.82, 2.24) is 10.2 Å². The Hall–Kier alpha value is -0.650. The van der Waals surface area contributed by atoms with Gasteiger partial charge >= 0.3 is 0 Å². The standard InChI is InChI=1S/C11H10BrClN2OS/c1-6-3-8(4-7(2)10(6)12)16-11-15-14-9(5-13)17-11/h3-4H,5H2,1-2H3. The number of alkyl halides is 1. The molecular weight excluding hydrogens is 324 g/mol. The smallest absolute Gasteiger partial charge is 0.299 e. The molecule has 0 radical (unpaired) electrons. The molecule has 0 spiro atoms. The Labute approximate surface area is 117 Å². The van der Waals surface area contributed by atoms with Crippen LogP contribution in [0.3, 0.4) is 0 Å². The van der Waals surface area contributed by atoms with E-state index in [1.807, 2.05) is 26.0 Å². The molecule has 3 nitrogen and oxygen atoms in total. The highest BCUT2D eigenvalue weighted by Crippen LogP contribution is 2.30. The molecule has 1 heterocycles.